The van der Waals surface area contributed by atoms with Gasteiger partial charge in [-0.2, -0.15) is 0 Å². The minimum atomic E-state index is -3.82. The lowest BCUT2D eigenvalue weighted by atomic mass is 10.0. The van der Waals surface area contributed by atoms with Crippen molar-refractivity contribution in [3.63, 3.8) is 0 Å². The molecule has 2 aromatic heterocycles. The summed E-state index contributed by atoms with van der Waals surface area (Å²) in [4.78, 5) is 24.2. The van der Waals surface area contributed by atoms with Crippen LogP contribution in [-0.2, 0) is 25.3 Å². The molecular formula is C22H36N7O5P. The molecule has 1 unspecified atom stereocenters. The van der Waals surface area contributed by atoms with Gasteiger partial charge in [-0.25, -0.2) is 19.6 Å². The van der Waals surface area contributed by atoms with Crippen LogP contribution in [0.4, 0.5) is 5.82 Å². The molecule has 12 nitrogen and oxygen atoms in total. The lowest BCUT2D eigenvalue weighted by Gasteiger charge is -2.35. The van der Waals surface area contributed by atoms with E-state index in [0.717, 1.165) is 31.4 Å². The molecule has 0 amide bonds. The second kappa shape index (κ2) is 11.5. The quantitative estimate of drug-likeness (QED) is 0.245. The minimum absolute atomic E-state index is 0.283. The van der Waals surface area contributed by atoms with E-state index in [4.69, 9.17) is 15.1 Å². The molecule has 0 radical (unpaired) electrons. The Morgan fingerprint density at radius 2 is 1.97 bits per heavy atom. The first kappa shape index (κ1) is 27.0. The summed E-state index contributed by atoms with van der Waals surface area (Å²) < 4.78 is 28.9. The molecule has 0 spiro atoms. The predicted octanol–water partition coefficient (Wildman–Crippen LogP) is 3.73. The maximum absolute atomic E-state index is 14.1. The van der Waals surface area contributed by atoms with E-state index in [1.165, 1.54) is 17.9 Å². The van der Waals surface area contributed by atoms with Crippen molar-refractivity contribution in [2.24, 2.45) is 11.1 Å². The van der Waals surface area contributed by atoms with Gasteiger partial charge in [-0.3, -0.25) is 9.36 Å². The molecular weight excluding hydrogens is 473 g/mol. The van der Waals surface area contributed by atoms with Crippen LogP contribution >= 0.6 is 7.52 Å². The Balaban J connectivity index is 1.79. The van der Waals surface area contributed by atoms with Crippen LogP contribution in [0.15, 0.2) is 17.8 Å². The van der Waals surface area contributed by atoms with E-state index < -0.39 is 25.6 Å². The SMILES string of the molecule is C/C(=N\OP(=O)(CO[C@@H](C)Cn1cnc2c(N)ncnc21)N(C(C)C)[C@@H](C)C(=O)O)C1CCCC1. The van der Waals surface area contributed by atoms with Gasteiger partial charge in [0.25, 0.3) is 0 Å². The zero-order valence-corrected chi connectivity index (χ0v) is 21.9. The second-order valence-corrected chi connectivity index (χ2v) is 11.5. The number of hydrogen-bond acceptors (Lipinski definition) is 9. The van der Waals surface area contributed by atoms with Crippen molar-refractivity contribution in [1.29, 1.82) is 0 Å². The highest BCUT2D eigenvalue weighted by Crippen LogP contribution is 2.54. The predicted molar refractivity (Wildman–Crippen MR) is 133 cm³/mol. The molecule has 1 aliphatic rings. The van der Waals surface area contributed by atoms with E-state index >= 15 is 0 Å². The molecule has 194 valence electrons. The van der Waals surface area contributed by atoms with Gasteiger partial charge in [0.2, 0.25) is 0 Å². The lowest BCUT2D eigenvalue weighted by Crippen LogP contribution is -2.42. The number of hydrogen-bond donors (Lipinski definition) is 2. The molecule has 35 heavy (non-hydrogen) atoms. The fraction of sp³-hybridized carbons (Fsp3) is 0.682. The van der Waals surface area contributed by atoms with E-state index in [0.29, 0.717) is 17.7 Å². The zero-order chi connectivity index (χ0) is 25.8. The Hall–Kier alpha value is -2.56. The number of nitrogens with zero attached hydrogens (tertiary/aromatic N) is 6. The highest BCUT2D eigenvalue weighted by atomic mass is 31.2. The number of aromatic nitrogens is 4. The molecule has 3 N–H and O–H groups in total. The number of carboxylic acids is 1. The number of nitrogen functional groups attached to an aromatic ring is 1. The Morgan fingerprint density at radius 3 is 2.60 bits per heavy atom. The van der Waals surface area contributed by atoms with Gasteiger partial charge < -0.3 is 24.8 Å². The number of carboxylic acid groups (broad SMARTS) is 1. The highest BCUT2D eigenvalue weighted by Gasteiger charge is 2.42. The van der Waals surface area contributed by atoms with Gasteiger partial charge in [-0.15, -0.1) is 0 Å². The van der Waals surface area contributed by atoms with Crippen LogP contribution in [-0.4, -0.2) is 65.5 Å². The normalized spacial score (nSPS) is 18.8. The summed E-state index contributed by atoms with van der Waals surface area (Å²) >= 11 is 0. The number of nitrogens with two attached hydrogens (primary N) is 1. The number of oxime groups is 1. The van der Waals surface area contributed by atoms with Gasteiger partial charge >= 0.3 is 13.5 Å². The van der Waals surface area contributed by atoms with Crippen LogP contribution in [0, 0.1) is 5.92 Å². The number of aliphatic carboxylic acids is 1. The van der Waals surface area contributed by atoms with Gasteiger partial charge in [0, 0.05) is 12.0 Å². The Labute approximate surface area is 205 Å². The summed E-state index contributed by atoms with van der Waals surface area (Å²) in [6, 6.07) is -1.44. The van der Waals surface area contributed by atoms with Crippen molar-refractivity contribution in [2.45, 2.75) is 85.0 Å². The van der Waals surface area contributed by atoms with Crippen LogP contribution < -0.4 is 5.73 Å². The molecule has 1 fully saturated rings. The summed E-state index contributed by atoms with van der Waals surface area (Å²) in [6.45, 7) is 9.06. The van der Waals surface area contributed by atoms with Crippen molar-refractivity contribution in [3.05, 3.63) is 12.7 Å². The molecule has 2 aromatic rings. The number of ether oxygens (including phenoxy) is 1. The van der Waals surface area contributed by atoms with Gasteiger partial charge in [0.05, 0.1) is 24.7 Å². The topological polar surface area (TPSA) is 158 Å². The summed E-state index contributed by atoms with van der Waals surface area (Å²) in [7, 11) is -3.82. The van der Waals surface area contributed by atoms with Crippen LogP contribution in [0.2, 0.25) is 0 Å². The number of carbonyl (C=O) groups is 1. The lowest BCUT2D eigenvalue weighted by molar-refractivity contribution is -0.141. The third-order valence-corrected chi connectivity index (χ3v) is 8.62. The smallest absolute Gasteiger partial charge is 0.367 e. The van der Waals surface area contributed by atoms with E-state index in [-0.39, 0.29) is 24.1 Å². The number of anilines is 1. The van der Waals surface area contributed by atoms with Crippen molar-refractivity contribution in [1.82, 2.24) is 24.2 Å². The minimum Gasteiger partial charge on any atom is -0.480 e. The molecule has 0 aliphatic heterocycles. The first-order valence-electron chi connectivity index (χ1n) is 11.9. The monoisotopic (exact) mass is 509 g/mol. The molecule has 1 saturated carbocycles. The summed E-state index contributed by atoms with van der Waals surface area (Å²) in [6.07, 6.45) is 6.50. The van der Waals surface area contributed by atoms with E-state index in [1.54, 1.807) is 24.7 Å². The van der Waals surface area contributed by atoms with Gasteiger partial charge in [-0.05, 0) is 47.5 Å². The van der Waals surface area contributed by atoms with E-state index in [9.17, 15) is 14.5 Å². The summed E-state index contributed by atoms with van der Waals surface area (Å²) in [5.41, 5.74) is 7.68. The fourth-order valence-electron chi connectivity index (χ4n) is 4.44. The molecule has 13 heteroatoms. The second-order valence-electron chi connectivity index (χ2n) is 9.36. The van der Waals surface area contributed by atoms with Crippen LogP contribution in [0.1, 0.15) is 60.3 Å². The molecule has 3 rings (SSSR count). The standard InChI is InChI=1S/C22H36N7O5P/c1-14(2)29(17(5)22(30)31)35(32,34-27-16(4)18-8-6-7-9-18)13-33-15(3)10-28-12-26-19-20(23)24-11-25-21(19)28/h11-12,14-15,17-18H,6-10,13H2,1-5H3,(H,30,31)(H2,23,24,25)/b27-16+/t15-,17-,35?/m0/s1. The fourth-order valence-corrected chi connectivity index (χ4v) is 6.73. The first-order valence-corrected chi connectivity index (χ1v) is 13.7. The Kier molecular flexibility index (Phi) is 8.84. The average molecular weight is 510 g/mol. The molecule has 0 saturated heterocycles. The first-order chi connectivity index (χ1) is 16.5. The van der Waals surface area contributed by atoms with Crippen molar-refractivity contribution >= 4 is 36.2 Å². The molecule has 2 heterocycles. The van der Waals surface area contributed by atoms with Gasteiger partial charge in [-0.1, -0.05) is 18.0 Å². The number of rotatable bonds is 12. The average Bonchev–Trinajstić information content (AvgIpc) is 3.47. The Morgan fingerprint density at radius 1 is 1.29 bits per heavy atom. The van der Waals surface area contributed by atoms with E-state index in [2.05, 4.69) is 20.1 Å². The number of fused-ring (bicyclic) bond motifs is 1. The maximum atomic E-state index is 14.1. The zero-order valence-electron chi connectivity index (χ0n) is 21.0. The van der Waals surface area contributed by atoms with Crippen molar-refractivity contribution in [3.8, 4) is 0 Å². The van der Waals surface area contributed by atoms with Crippen LogP contribution in [0.3, 0.4) is 0 Å². The van der Waals surface area contributed by atoms with Crippen molar-refractivity contribution < 1.29 is 23.8 Å². The largest absolute Gasteiger partial charge is 0.480 e. The third-order valence-electron chi connectivity index (χ3n) is 6.30. The molecule has 0 bridgehead atoms. The van der Waals surface area contributed by atoms with E-state index in [1.807, 2.05) is 13.8 Å². The van der Waals surface area contributed by atoms with Gasteiger partial charge in [0.1, 0.15) is 24.2 Å². The maximum Gasteiger partial charge on any atom is 0.367 e. The summed E-state index contributed by atoms with van der Waals surface area (Å²) in [5.74, 6) is -0.531. The van der Waals surface area contributed by atoms with Crippen LogP contribution in [0.25, 0.3) is 11.2 Å². The molecule has 0 aromatic carbocycles. The summed E-state index contributed by atoms with van der Waals surface area (Å²) in [5, 5.41) is 13.9. The van der Waals surface area contributed by atoms with Crippen LogP contribution in [0.5, 0.6) is 0 Å². The van der Waals surface area contributed by atoms with Crippen molar-refractivity contribution in [2.75, 3.05) is 12.1 Å². The third kappa shape index (κ3) is 6.36. The highest BCUT2D eigenvalue weighted by molar-refractivity contribution is 7.56. The molecule has 1 aliphatic carbocycles. The molecule has 3 atom stereocenters. The number of imidazole rings is 1. The Bertz CT molecular complexity index is 1100. The van der Waals surface area contributed by atoms with Gasteiger partial charge in [0.15, 0.2) is 11.5 Å².